The highest BCUT2D eigenvalue weighted by atomic mass is 79.9. The molecule has 1 heterocycles. The van der Waals surface area contributed by atoms with Gasteiger partial charge in [0.2, 0.25) is 0 Å². The van der Waals surface area contributed by atoms with E-state index in [-0.39, 0.29) is 0 Å². The number of hydrogen-bond acceptors (Lipinski definition) is 3. The van der Waals surface area contributed by atoms with Crippen molar-refractivity contribution in [2.75, 3.05) is 12.8 Å². The standard InChI is InChI=1S/C12H11BrN2O/c1-16-9-4-2-8(3-5-9)10-7-15-12(14)6-11(10)13/h2-7H,1H3,(H2,14,15). The van der Waals surface area contributed by atoms with E-state index in [0.717, 1.165) is 21.3 Å². The predicted molar refractivity (Wildman–Crippen MR) is 68.3 cm³/mol. The van der Waals surface area contributed by atoms with E-state index in [4.69, 9.17) is 10.5 Å². The van der Waals surface area contributed by atoms with Crippen LogP contribution in [-0.2, 0) is 0 Å². The lowest BCUT2D eigenvalue weighted by Gasteiger charge is -2.06. The summed E-state index contributed by atoms with van der Waals surface area (Å²) in [4.78, 5) is 4.08. The normalized spacial score (nSPS) is 10.1. The van der Waals surface area contributed by atoms with Gasteiger partial charge in [-0.15, -0.1) is 0 Å². The summed E-state index contributed by atoms with van der Waals surface area (Å²) in [7, 11) is 1.65. The highest BCUT2D eigenvalue weighted by molar-refractivity contribution is 9.10. The number of pyridine rings is 1. The van der Waals surface area contributed by atoms with Crippen LogP contribution >= 0.6 is 15.9 Å². The third-order valence-electron chi connectivity index (χ3n) is 2.28. The number of aromatic nitrogens is 1. The Morgan fingerprint density at radius 1 is 1.25 bits per heavy atom. The van der Waals surface area contributed by atoms with E-state index in [1.807, 2.05) is 24.3 Å². The smallest absolute Gasteiger partial charge is 0.124 e. The van der Waals surface area contributed by atoms with Crippen molar-refractivity contribution in [2.45, 2.75) is 0 Å². The van der Waals surface area contributed by atoms with Gasteiger partial charge >= 0.3 is 0 Å². The van der Waals surface area contributed by atoms with Crippen molar-refractivity contribution in [1.29, 1.82) is 0 Å². The Labute approximate surface area is 102 Å². The van der Waals surface area contributed by atoms with Crippen molar-refractivity contribution >= 4 is 21.7 Å². The van der Waals surface area contributed by atoms with Crippen LogP contribution in [0.4, 0.5) is 5.82 Å². The van der Waals surface area contributed by atoms with Crippen LogP contribution in [0, 0.1) is 0 Å². The molecule has 2 aromatic rings. The Hall–Kier alpha value is -1.55. The molecular weight excluding hydrogens is 268 g/mol. The van der Waals surface area contributed by atoms with Crippen LogP contribution < -0.4 is 10.5 Å². The molecule has 0 aliphatic rings. The molecule has 0 aliphatic carbocycles. The summed E-state index contributed by atoms with van der Waals surface area (Å²) in [5.74, 6) is 1.34. The maximum atomic E-state index is 5.59. The molecule has 16 heavy (non-hydrogen) atoms. The lowest BCUT2D eigenvalue weighted by atomic mass is 10.1. The molecule has 4 heteroatoms. The SMILES string of the molecule is COc1ccc(-c2cnc(N)cc2Br)cc1. The molecule has 0 saturated carbocycles. The molecule has 0 fully saturated rings. The first-order valence-corrected chi connectivity index (χ1v) is 5.55. The van der Waals surface area contributed by atoms with Crippen LogP contribution in [0.5, 0.6) is 5.75 Å². The van der Waals surface area contributed by atoms with E-state index in [9.17, 15) is 0 Å². The van der Waals surface area contributed by atoms with Crippen LogP contribution in [-0.4, -0.2) is 12.1 Å². The average Bonchev–Trinajstić information content (AvgIpc) is 2.29. The number of anilines is 1. The fourth-order valence-corrected chi connectivity index (χ4v) is 1.99. The van der Waals surface area contributed by atoms with Gasteiger partial charge in [-0.25, -0.2) is 4.98 Å². The maximum Gasteiger partial charge on any atom is 0.124 e. The predicted octanol–water partition coefficient (Wildman–Crippen LogP) is 3.10. The van der Waals surface area contributed by atoms with Gasteiger partial charge < -0.3 is 10.5 Å². The molecule has 0 aliphatic heterocycles. The highest BCUT2D eigenvalue weighted by Gasteiger charge is 2.04. The summed E-state index contributed by atoms with van der Waals surface area (Å²) >= 11 is 3.47. The minimum Gasteiger partial charge on any atom is -0.497 e. The zero-order valence-electron chi connectivity index (χ0n) is 8.77. The summed E-state index contributed by atoms with van der Waals surface area (Å²) < 4.78 is 6.04. The molecule has 2 N–H and O–H groups in total. The Bertz CT molecular complexity index is 497. The van der Waals surface area contributed by atoms with Gasteiger partial charge in [0.05, 0.1) is 7.11 Å². The van der Waals surface area contributed by atoms with E-state index in [0.29, 0.717) is 5.82 Å². The zero-order valence-corrected chi connectivity index (χ0v) is 10.4. The number of hydrogen-bond donors (Lipinski definition) is 1. The molecule has 0 bridgehead atoms. The van der Waals surface area contributed by atoms with Crippen molar-refractivity contribution in [1.82, 2.24) is 4.98 Å². The quantitative estimate of drug-likeness (QED) is 0.918. The number of methoxy groups -OCH3 is 1. The molecule has 0 saturated heterocycles. The second-order valence-electron chi connectivity index (χ2n) is 3.32. The van der Waals surface area contributed by atoms with E-state index in [2.05, 4.69) is 20.9 Å². The molecule has 0 radical (unpaired) electrons. The summed E-state index contributed by atoms with van der Waals surface area (Å²) in [6.45, 7) is 0. The van der Waals surface area contributed by atoms with Crippen LogP contribution in [0.3, 0.4) is 0 Å². The minimum absolute atomic E-state index is 0.504. The first kappa shape index (κ1) is 11.0. The first-order valence-electron chi connectivity index (χ1n) is 4.76. The fraction of sp³-hybridized carbons (Fsp3) is 0.0833. The molecule has 0 unspecified atom stereocenters. The van der Waals surface area contributed by atoms with Crippen LogP contribution in [0.1, 0.15) is 0 Å². The summed E-state index contributed by atoms with van der Waals surface area (Å²) in [5, 5.41) is 0. The first-order chi connectivity index (χ1) is 7.70. The fourth-order valence-electron chi connectivity index (χ4n) is 1.43. The van der Waals surface area contributed by atoms with Crippen LogP contribution in [0.15, 0.2) is 41.0 Å². The van der Waals surface area contributed by atoms with Crippen molar-refractivity contribution in [3.05, 3.63) is 41.0 Å². The largest absolute Gasteiger partial charge is 0.497 e. The Kier molecular flexibility index (Phi) is 3.10. The number of nitrogens with two attached hydrogens (primary N) is 1. The van der Waals surface area contributed by atoms with Gasteiger partial charge in [0, 0.05) is 16.2 Å². The molecular formula is C12H11BrN2O. The monoisotopic (exact) mass is 278 g/mol. The number of nitrogens with zero attached hydrogens (tertiary/aromatic N) is 1. The van der Waals surface area contributed by atoms with Gasteiger partial charge in [-0.05, 0) is 39.7 Å². The zero-order chi connectivity index (χ0) is 11.5. The molecule has 1 aromatic carbocycles. The number of nitrogen functional groups attached to an aromatic ring is 1. The number of rotatable bonds is 2. The van der Waals surface area contributed by atoms with Crippen LogP contribution in [0.25, 0.3) is 11.1 Å². The molecule has 0 spiro atoms. The number of halogens is 1. The third-order valence-corrected chi connectivity index (χ3v) is 2.93. The lowest BCUT2D eigenvalue weighted by Crippen LogP contribution is -1.91. The summed E-state index contributed by atoms with van der Waals surface area (Å²) in [6.07, 6.45) is 1.75. The van der Waals surface area contributed by atoms with E-state index >= 15 is 0 Å². The molecule has 82 valence electrons. The summed E-state index contributed by atoms with van der Waals surface area (Å²) in [5.41, 5.74) is 7.67. The van der Waals surface area contributed by atoms with Gasteiger partial charge in [-0.1, -0.05) is 12.1 Å². The molecule has 0 atom stereocenters. The second-order valence-corrected chi connectivity index (χ2v) is 4.17. The van der Waals surface area contributed by atoms with Gasteiger partial charge in [-0.3, -0.25) is 0 Å². The van der Waals surface area contributed by atoms with Crippen molar-refractivity contribution in [2.24, 2.45) is 0 Å². The van der Waals surface area contributed by atoms with Gasteiger partial charge in [0.1, 0.15) is 11.6 Å². The van der Waals surface area contributed by atoms with E-state index in [1.54, 1.807) is 19.4 Å². The second kappa shape index (κ2) is 4.53. The van der Waals surface area contributed by atoms with Gasteiger partial charge in [0.15, 0.2) is 0 Å². The van der Waals surface area contributed by atoms with Crippen LogP contribution in [0.2, 0.25) is 0 Å². The Morgan fingerprint density at radius 3 is 2.50 bits per heavy atom. The lowest BCUT2D eigenvalue weighted by molar-refractivity contribution is 0.415. The molecule has 3 nitrogen and oxygen atoms in total. The van der Waals surface area contributed by atoms with Gasteiger partial charge in [0.25, 0.3) is 0 Å². The highest BCUT2D eigenvalue weighted by Crippen LogP contribution is 2.29. The Balaban J connectivity index is 2.42. The molecule has 0 amide bonds. The van der Waals surface area contributed by atoms with E-state index in [1.165, 1.54) is 0 Å². The van der Waals surface area contributed by atoms with Crippen molar-refractivity contribution < 1.29 is 4.74 Å². The Morgan fingerprint density at radius 2 is 1.94 bits per heavy atom. The van der Waals surface area contributed by atoms with Gasteiger partial charge in [-0.2, -0.15) is 0 Å². The topological polar surface area (TPSA) is 48.1 Å². The van der Waals surface area contributed by atoms with Crippen molar-refractivity contribution in [3.8, 4) is 16.9 Å². The average molecular weight is 279 g/mol. The summed E-state index contributed by atoms with van der Waals surface area (Å²) in [6, 6.07) is 9.59. The number of ether oxygens (including phenoxy) is 1. The van der Waals surface area contributed by atoms with E-state index < -0.39 is 0 Å². The molecule has 1 aromatic heterocycles. The number of benzene rings is 1. The maximum absolute atomic E-state index is 5.59. The van der Waals surface area contributed by atoms with Crippen molar-refractivity contribution in [3.63, 3.8) is 0 Å². The minimum atomic E-state index is 0.504. The third kappa shape index (κ3) is 2.17. The molecule has 2 rings (SSSR count).